The minimum absolute atomic E-state index is 0.0236. The summed E-state index contributed by atoms with van der Waals surface area (Å²) in [5.74, 6) is 0.167. The van der Waals surface area contributed by atoms with E-state index in [-0.39, 0.29) is 22.3 Å². The zero-order chi connectivity index (χ0) is 18.7. The van der Waals surface area contributed by atoms with Crippen LogP contribution >= 0.6 is 15.9 Å². The van der Waals surface area contributed by atoms with Crippen molar-refractivity contribution in [1.82, 2.24) is 4.90 Å². The molecule has 0 saturated carbocycles. The number of ketones is 1. The number of Topliss-reactive ketones (excluding diaryl/α,β-unsaturated/α-hetero) is 1. The number of carbonyl (C=O) groups excluding carboxylic acids is 1. The minimum Gasteiger partial charge on any atom is -0.379 e. The summed E-state index contributed by atoms with van der Waals surface area (Å²) in [6.45, 7) is 1.79. The number of likely N-dealkylation sites (tertiary alicyclic amines) is 1. The van der Waals surface area contributed by atoms with E-state index in [1.807, 2.05) is 7.05 Å². The fourth-order valence-corrected chi connectivity index (χ4v) is 4.17. The lowest BCUT2D eigenvalue weighted by Crippen LogP contribution is -2.33. The molecular weight excluding hydrogens is 418 g/mol. The van der Waals surface area contributed by atoms with Gasteiger partial charge in [0, 0.05) is 16.0 Å². The molecule has 1 fully saturated rings. The largest absolute Gasteiger partial charge is 0.379 e. The first kappa shape index (κ1) is 19.1. The van der Waals surface area contributed by atoms with E-state index >= 15 is 0 Å². The van der Waals surface area contributed by atoms with E-state index in [9.17, 15) is 13.2 Å². The highest BCUT2D eigenvalue weighted by Crippen LogP contribution is 2.25. The molecule has 0 aliphatic carbocycles. The lowest BCUT2D eigenvalue weighted by Gasteiger charge is -2.28. The van der Waals surface area contributed by atoms with E-state index in [2.05, 4.69) is 20.8 Å². The Morgan fingerprint density at radius 1 is 1.12 bits per heavy atom. The number of benzene rings is 2. The van der Waals surface area contributed by atoms with Crippen molar-refractivity contribution in [2.24, 2.45) is 5.92 Å². The molecular formula is C19H20BrNO4S. The molecule has 0 spiro atoms. The molecule has 0 aromatic heterocycles. The first-order chi connectivity index (χ1) is 12.3. The van der Waals surface area contributed by atoms with Gasteiger partial charge in [0.1, 0.15) is 10.6 Å². The van der Waals surface area contributed by atoms with E-state index in [1.165, 1.54) is 18.2 Å². The lowest BCUT2D eigenvalue weighted by molar-refractivity contribution is 0.0856. The average molecular weight is 438 g/mol. The topological polar surface area (TPSA) is 63.7 Å². The number of piperidine rings is 1. The summed E-state index contributed by atoms with van der Waals surface area (Å²) >= 11 is 3.27. The first-order valence-corrected chi connectivity index (χ1v) is 10.6. The van der Waals surface area contributed by atoms with Gasteiger partial charge in [0.2, 0.25) is 0 Å². The molecule has 1 saturated heterocycles. The minimum atomic E-state index is -3.94. The van der Waals surface area contributed by atoms with E-state index in [0.717, 1.165) is 30.4 Å². The van der Waals surface area contributed by atoms with Gasteiger partial charge in [-0.15, -0.1) is 0 Å². The Labute approximate surface area is 162 Å². The summed E-state index contributed by atoms with van der Waals surface area (Å²) in [6, 6.07) is 12.6. The lowest BCUT2D eigenvalue weighted by atomic mass is 9.89. The third-order valence-electron chi connectivity index (χ3n) is 4.52. The van der Waals surface area contributed by atoms with Crippen LogP contribution in [0.3, 0.4) is 0 Å². The Morgan fingerprint density at radius 3 is 2.42 bits per heavy atom. The normalized spacial score (nSPS) is 16.4. The van der Waals surface area contributed by atoms with Gasteiger partial charge in [-0.05, 0) is 69.4 Å². The monoisotopic (exact) mass is 437 g/mol. The Morgan fingerprint density at radius 2 is 1.77 bits per heavy atom. The molecule has 0 radical (unpaired) electrons. The fourth-order valence-electron chi connectivity index (χ4n) is 2.98. The van der Waals surface area contributed by atoms with Crippen molar-refractivity contribution in [2.45, 2.75) is 17.7 Å². The fraction of sp³-hybridized carbons (Fsp3) is 0.316. The van der Waals surface area contributed by atoms with Crippen molar-refractivity contribution < 1.29 is 17.4 Å². The van der Waals surface area contributed by atoms with Gasteiger partial charge in [-0.25, -0.2) is 0 Å². The second kappa shape index (κ2) is 7.90. The average Bonchev–Trinajstić information content (AvgIpc) is 2.62. The summed E-state index contributed by atoms with van der Waals surface area (Å²) in [7, 11) is -1.90. The van der Waals surface area contributed by atoms with Gasteiger partial charge in [-0.3, -0.25) is 4.79 Å². The SMILES string of the molecule is CN1CCC(C(=O)c2cccc(OS(=O)(=O)c3ccc(Br)cc3)c2)CC1. The van der Waals surface area contributed by atoms with Gasteiger partial charge in [-0.2, -0.15) is 8.42 Å². The molecule has 0 bridgehead atoms. The van der Waals surface area contributed by atoms with Gasteiger partial charge in [-0.1, -0.05) is 28.1 Å². The third kappa shape index (κ3) is 4.52. The maximum atomic E-state index is 12.7. The number of carbonyl (C=O) groups is 1. The van der Waals surface area contributed by atoms with Crippen molar-refractivity contribution in [3.63, 3.8) is 0 Å². The predicted octanol–water partition coefficient (Wildman–Crippen LogP) is 3.74. The van der Waals surface area contributed by atoms with Gasteiger partial charge < -0.3 is 9.08 Å². The van der Waals surface area contributed by atoms with Crippen LogP contribution < -0.4 is 4.18 Å². The van der Waals surface area contributed by atoms with Gasteiger partial charge in [0.15, 0.2) is 5.78 Å². The Balaban J connectivity index is 1.77. The van der Waals surface area contributed by atoms with E-state index in [0.29, 0.717) is 5.56 Å². The predicted molar refractivity (Wildman–Crippen MR) is 103 cm³/mol. The van der Waals surface area contributed by atoms with E-state index in [4.69, 9.17) is 4.18 Å². The highest BCUT2D eigenvalue weighted by Gasteiger charge is 2.25. The molecule has 3 rings (SSSR count). The molecule has 26 heavy (non-hydrogen) atoms. The smallest absolute Gasteiger partial charge is 0.339 e. The van der Waals surface area contributed by atoms with Crippen LogP contribution in [0, 0.1) is 5.92 Å². The van der Waals surface area contributed by atoms with Crippen LogP contribution in [0.4, 0.5) is 0 Å². The molecule has 0 amide bonds. The highest BCUT2D eigenvalue weighted by atomic mass is 79.9. The molecule has 1 heterocycles. The molecule has 0 unspecified atom stereocenters. The molecule has 0 atom stereocenters. The summed E-state index contributed by atoms with van der Waals surface area (Å²) < 4.78 is 30.8. The molecule has 2 aromatic rings. The van der Waals surface area contributed by atoms with Gasteiger partial charge in [0.05, 0.1) is 0 Å². The maximum Gasteiger partial charge on any atom is 0.339 e. The molecule has 138 valence electrons. The number of hydrogen-bond acceptors (Lipinski definition) is 5. The summed E-state index contributed by atoms with van der Waals surface area (Å²) in [5.41, 5.74) is 0.489. The number of hydrogen-bond donors (Lipinski definition) is 0. The quantitative estimate of drug-likeness (QED) is 0.526. The summed E-state index contributed by atoms with van der Waals surface area (Å²) in [5, 5.41) is 0. The molecule has 7 heteroatoms. The first-order valence-electron chi connectivity index (χ1n) is 8.38. The molecule has 0 N–H and O–H groups in total. The number of halogens is 1. The Hall–Kier alpha value is -1.70. The van der Waals surface area contributed by atoms with Crippen LogP contribution in [0.1, 0.15) is 23.2 Å². The number of rotatable bonds is 5. The standard InChI is InChI=1S/C19H20BrNO4S/c1-21-11-9-14(10-12-21)19(22)15-3-2-4-17(13-15)25-26(23,24)18-7-5-16(20)6-8-18/h2-8,13-14H,9-12H2,1H3. The second-order valence-electron chi connectivity index (χ2n) is 6.46. The molecule has 5 nitrogen and oxygen atoms in total. The van der Waals surface area contributed by atoms with Crippen LogP contribution in [0.5, 0.6) is 5.75 Å². The summed E-state index contributed by atoms with van der Waals surface area (Å²) in [4.78, 5) is 15.0. The van der Waals surface area contributed by atoms with Crippen molar-refractivity contribution in [1.29, 1.82) is 0 Å². The van der Waals surface area contributed by atoms with Crippen molar-refractivity contribution in [3.8, 4) is 5.75 Å². The van der Waals surface area contributed by atoms with E-state index < -0.39 is 10.1 Å². The van der Waals surface area contributed by atoms with Crippen LogP contribution in [0.2, 0.25) is 0 Å². The maximum absolute atomic E-state index is 12.7. The molecule has 1 aliphatic rings. The van der Waals surface area contributed by atoms with Crippen LogP contribution in [-0.2, 0) is 10.1 Å². The van der Waals surface area contributed by atoms with Crippen molar-refractivity contribution in [2.75, 3.05) is 20.1 Å². The van der Waals surface area contributed by atoms with Gasteiger partial charge in [0.25, 0.3) is 0 Å². The van der Waals surface area contributed by atoms with Crippen molar-refractivity contribution in [3.05, 3.63) is 58.6 Å². The molecule has 1 aliphatic heterocycles. The van der Waals surface area contributed by atoms with Gasteiger partial charge >= 0.3 is 10.1 Å². The Kier molecular flexibility index (Phi) is 5.79. The highest BCUT2D eigenvalue weighted by molar-refractivity contribution is 9.10. The Bertz CT molecular complexity index is 888. The summed E-state index contributed by atoms with van der Waals surface area (Å²) in [6.07, 6.45) is 1.63. The zero-order valence-corrected chi connectivity index (χ0v) is 16.8. The zero-order valence-electron chi connectivity index (χ0n) is 14.4. The second-order valence-corrected chi connectivity index (χ2v) is 8.92. The number of nitrogens with zero attached hydrogens (tertiary/aromatic N) is 1. The van der Waals surface area contributed by atoms with Crippen molar-refractivity contribution >= 4 is 31.8 Å². The molecule has 2 aromatic carbocycles. The van der Waals surface area contributed by atoms with Crippen LogP contribution in [-0.4, -0.2) is 39.2 Å². The van der Waals surface area contributed by atoms with Crippen LogP contribution in [0.15, 0.2) is 57.9 Å². The van der Waals surface area contributed by atoms with Crippen LogP contribution in [0.25, 0.3) is 0 Å². The third-order valence-corrected chi connectivity index (χ3v) is 6.31. The van der Waals surface area contributed by atoms with E-state index in [1.54, 1.807) is 30.3 Å².